The van der Waals surface area contributed by atoms with Gasteiger partial charge in [0, 0.05) is 19.6 Å². The molecule has 1 aliphatic heterocycles. The number of hydrogen-bond acceptors (Lipinski definition) is 6. The van der Waals surface area contributed by atoms with Gasteiger partial charge in [-0.15, -0.1) is 0 Å². The van der Waals surface area contributed by atoms with Gasteiger partial charge in [0.25, 0.3) is 0 Å². The lowest BCUT2D eigenvalue weighted by Gasteiger charge is -2.22. The van der Waals surface area contributed by atoms with Gasteiger partial charge in [-0.3, -0.25) is 0 Å². The van der Waals surface area contributed by atoms with Crippen LogP contribution >= 0.6 is 0 Å². The molecule has 3 rings (SSSR count). The van der Waals surface area contributed by atoms with E-state index in [1.165, 1.54) is 19.2 Å². The third-order valence-electron chi connectivity index (χ3n) is 5.06. The van der Waals surface area contributed by atoms with Crippen LogP contribution in [0.1, 0.15) is 28.8 Å². The SMILES string of the molecule is COC(=O)c1ccc(N2CCCC2)c(NC(=O)NCCc2ccc(S(N)(=O)=O)cc2)c1. The molecule has 2 aromatic carbocycles. The Kier molecular flexibility index (Phi) is 7.13. The second-order valence-electron chi connectivity index (χ2n) is 7.24. The Hall–Kier alpha value is -3.11. The maximum absolute atomic E-state index is 12.5. The van der Waals surface area contributed by atoms with E-state index in [2.05, 4.69) is 15.5 Å². The zero-order chi connectivity index (χ0) is 22.4. The second-order valence-corrected chi connectivity index (χ2v) is 8.80. The van der Waals surface area contributed by atoms with Crippen molar-refractivity contribution in [3.8, 4) is 0 Å². The first-order valence-corrected chi connectivity index (χ1v) is 11.5. The van der Waals surface area contributed by atoms with Crippen molar-refractivity contribution in [2.24, 2.45) is 5.14 Å². The second kappa shape index (κ2) is 9.80. The minimum atomic E-state index is -3.73. The van der Waals surface area contributed by atoms with Gasteiger partial charge in [0.1, 0.15) is 0 Å². The molecule has 0 aromatic heterocycles. The lowest BCUT2D eigenvalue weighted by molar-refractivity contribution is 0.0600. The number of esters is 1. The van der Waals surface area contributed by atoms with Gasteiger partial charge >= 0.3 is 12.0 Å². The van der Waals surface area contributed by atoms with Gasteiger partial charge in [0.15, 0.2) is 0 Å². The number of urea groups is 1. The van der Waals surface area contributed by atoms with Crippen LogP contribution in [0, 0.1) is 0 Å². The van der Waals surface area contributed by atoms with Gasteiger partial charge in [-0.1, -0.05) is 12.1 Å². The zero-order valence-corrected chi connectivity index (χ0v) is 18.1. The van der Waals surface area contributed by atoms with E-state index >= 15 is 0 Å². The van der Waals surface area contributed by atoms with Gasteiger partial charge in [-0.25, -0.2) is 23.1 Å². The van der Waals surface area contributed by atoms with Crippen molar-refractivity contribution in [2.45, 2.75) is 24.2 Å². The first-order chi connectivity index (χ1) is 14.8. The fraction of sp³-hybridized carbons (Fsp3) is 0.333. The molecule has 0 unspecified atom stereocenters. The summed E-state index contributed by atoms with van der Waals surface area (Å²) in [7, 11) is -2.42. The number of anilines is 2. The summed E-state index contributed by atoms with van der Waals surface area (Å²) < 4.78 is 27.4. The first kappa shape index (κ1) is 22.6. The standard InChI is InChI=1S/C21H26N4O5S/c1-30-20(26)16-6-9-19(25-12-2-3-13-25)18(14-16)24-21(27)23-11-10-15-4-7-17(8-5-15)31(22,28)29/h4-9,14H,2-3,10-13H2,1H3,(H2,22,28,29)(H2,23,24,27). The maximum atomic E-state index is 12.5. The van der Waals surface area contributed by atoms with Crippen LogP contribution in [0.3, 0.4) is 0 Å². The third-order valence-corrected chi connectivity index (χ3v) is 5.99. The number of nitrogens with one attached hydrogen (secondary N) is 2. The number of amides is 2. The lowest BCUT2D eigenvalue weighted by Crippen LogP contribution is -2.31. The third kappa shape index (κ3) is 5.96. The van der Waals surface area contributed by atoms with Crippen molar-refractivity contribution in [3.63, 3.8) is 0 Å². The van der Waals surface area contributed by atoms with Crippen molar-refractivity contribution < 1.29 is 22.7 Å². The van der Waals surface area contributed by atoms with Crippen molar-refractivity contribution in [1.82, 2.24) is 5.32 Å². The molecule has 2 aromatic rings. The van der Waals surface area contributed by atoms with Crippen LogP contribution in [-0.4, -0.2) is 47.2 Å². The summed E-state index contributed by atoms with van der Waals surface area (Å²) in [5, 5.41) is 10.7. The van der Waals surface area contributed by atoms with Gasteiger partial charge in [0.2, 0.25) is 10.0 Å². The highest BCUT2D eigenvalue weighted by Crippen LogP contribution is 2.30. The Morgan fingerprint density at radius 1 is 1.10 bits per heavy atom. The van der Waals surface area contributed by atoms with Gasteiger partial charge in [0.05, 0.1) is 28.9 Å². The predicted molar refractivity (Wildman–Crippen MR) is 118 cm³/mol. The van der Waals surface area contributed by atoms with Gasteiger partial charge in [-0.2, -0.15) is 0 Å². The summed E-state index contributed by atoms with van der Waals surface area (Å²) in [5.41, 5.74) is 2.62. The van der Waals surface area contributed by atoms with Crippen molar-refractivity contribution in [2.75, 3.05) is 37.0 Å². The van der Waals surface area contributed by atoms with Crippen LogP contribution in [0.25, 0.3) is 0 Å². The first-order valence-electron chi connectivity index (χ1n) is 9.92. The van der Waals surface area contributed by atoms with Crippen molar-refractivity contribution in [1.29, 1.82) is 0 Å². The number of ether oxygens (including phenoxy) is 1. The largest absolute Gasteiger partial charge is 0.465 e. The molecule has 0 aliphatic carbocycles. The maximum Gasteiger partial charge on any atom is 0.337 e. The van der Waals surface area contributed by atoms with E-state index in [1.54, 1.807) is 24.3 Å². The molecule has 4 N–H and O–H groups in total. The Bertz CT molecular complexity index is 1050. The molecule has 0 spiro atoms. The topological polar surface area (TPSA) is 131 Å². The quantitative estimate of drug-likeness (QED) is 0.558. The molecule has 10 heteroatoms. The van der Waals surface area contributed by atoms with E-state index in [1.807, 2.05) is 6.07 Å². The summed E-state index contributed by atoms with van der Waals surface area (Å²) in [6.45, 7) is 2.13. The Morgan fingerprint density at radius 3 is 2.39 bits per heavy atom. The van der Waals surface area contributed by atoms with Gasteiger partial charge in [-0.05, 0) is 55.2 Å². The van der Waals surface area contributed by atoms with Crippen LogP contribution in [0.2, 0.25) is 0 Å². The number of carbonyl (C=O) groups excluding carboxylic acids is 2. The van der Waals surface area contributed by atoms with E-state index in [9.17, 15) is 18.0 Å². The number of primary sulfonamides is 1. The molecule has 9 nitrogen and oxygen atoms in total. The molecule has 1 heterocycles. The fourth-order valence-corrected chi connectivity index (χ4v) is 3.96. The Morgan fingerprint density at radius 2 is 1.77 bits per heavy atom. The number of rotatable bonds is 7. The smallest absolute Gasteiger partial charge is 0.337 e. The summed E-state index contributed by atoms with van der Waals surface area (Å²) in [6, 6.07) is 10.9. The molecule has 166 valence electrons. The lowest BCUT2D eigenvalue weighted by atomic mass is 10.1. The highest BCUT2D eigenvalue weighted by molar-refractivity contribution is 7.89. The van der Waals surface area contributed by atoms with Crippen LogP contribution in [0.4, 0.5) is 16.2 Å². The molecule has 2 amide bonds. The number of sulfonamides is 1. The van der Waals surface area contributed by atoms with E-state index in [-0.39, 0.29) is 4.90 Å². The van der Waals surface area contributed by atoms with Crippen LogP contribution in [0.15, 0.2) is 47.4 Å². The van der Waals surface area contributed by atoms with Gasteiger partial charge < -0.3 is 20.3 Å². The number of carbonyl (C=O) groups is 2. The summed E-state index contributed by atoms with van der Waals surface area (Å²) in [4.78, 5) is 26.6. The zero-order valence-electron chi connectivity index (χ0n) is 17.3. The average Bonchev–Trinajstić information content (AvgIpc) is 3.27. The Labute approximate surface area is 181 Å². The molecule has 0 bridgehead atoms. The molecule has 1 aliphatic rings. The highest BCUT2D eigenvalue weighted by Gasteiger charge is 2.19. The molecule has 0 atom stereocenters. The highest BCUT2D eigenvalue weighted by atomic mass is 32.2. The Balaban J connectivity index is 1.63. The van der Waals surface area contributed by atoms with Crippen LogP contribution in [0.5, 0.6) is 0 Å². The monoisotopic (exact) mass is 446 g/mol. The molecule has 1 fully saturated rings. The predicted octanol–water partition coefficient (Wildman–Crippen LogP) is 2.08. The number of hydrogen-bond donors (Lipinski definition) is 3. The molecule has 0 radical (unpaired) electrons. The van der Waals surface area contributed by atoms with E-state index in [0.717, 1.165) is 37.2 Å². The molecular formula is C21H26N4O5S. The number of benzene rings is 2. The van der Waals surface area contributed by atoms with E-state index < -0.39 is 22.0 Å². The fourth-order valence-electron chi connectivity index (χ4n) is 3.45. The molecular weight excluding hydrogens is 420 g/mol. The van der Waals surface area contributed by atoms with Crippen molar-refractivity contribution in [3.05, 3.63) is 53.6 Å². The average molecular weight is 447 g/mol. The molecule has 31 heavy (non-hydrogen) atoms. The van der Waals surface area contributed by atoms with E-state index in [4.69, 9.17) is 9.88 Å². The van der Waals surface area contributed by atoms with Crippen LogP contribution < -0.4 is 20.7 Å². The summed E-state index contributed by atoms with van der Waals surface area (Å²) in [5.74, 6) is -0.473. The normalized spacial score (nSPS) is 13.7. The number of methoxy groups -OCH3 is 1. The minimum Gasteiger partial charge on any atom is -0.465 e. The summed E-state index contributed by atoms with van der Waals surface area (Å²) in [6.07, 6.45) is 2.67. The molecule has 0 saturated carbocycles. The molecule has 1 saturated heterocycles. The minimum absolute atomic E-state index is 0.0434. The van der Waals surface area contributed by atoms with E-state index in [0.29, 0.717) is 24.2 Å². The number of nitrogens with zero attached hydrogens (tertiary/aromatic N) is 1. The summed E-state index contributed by atoms with van der Waals surface area (Å²) >= 11 is 0. The van der Waals surface area contributed by atoms with Crippen molar-refractivity contribution >= 4 is 33.4 Å². The van der Waals surface area contributed by atoms with Crippen LogP contribution in [-0.2, 0) is 21.2 Å². The number of nitrogens with two attached hydrogens (primary N) is 1.